The van der Waals surface area contributed by atoms with E-state index in [0.29, 0.717) is 18.8 Å². The molecule has 4 rings (SSSR count). The molecule has 0 amide bonds. The maximum absolute atomic E-state index is 12.0. The van der Waals surface area contributed by atoms with Gasteiger partial charge in [0.15, 0.2) is 5.43 Å². The molecule has 0 atom stereocenters. The zero-order valence-electron chi connectivity index (χ0n) is 14.6. The Morgan fingerprint density at radius 2 is 1.88 bits per heavy atom. The first-order chi connectivity index (χ1) is 11.9. The molecular weight excluding hydrogens is 318 g/mol. The van der Waals surface area contributed by atoms with Crippen molar-refractivity contribution in [2.75, 3.05) is 0 Å². The van der Waals surface area contributed by atoms with Crippen molar-refractivity contribution in [2.45, 2.75) is 33.9 Å². The highest BCUT2D eigenvalue weighted by Crippen LogP contribution is 2.30. The maximum atomic E-state index is 12.0. The molecule has 6 heteroatoms. The van der Waals surface area contributed by atoms with Gasteiger partial charge in [-0.2, -0.15) is 5.10 Å². The molecule has 0 aliphatic carbocycles. The van der Waals surface area contributed by atoms with Gasteiger partial charge >= 0.3 is 5.97 Å². The van der Waals surface area contributed by atoms with Crippen LogP contribution in [0.2, 0.25) is 0 Å². The van der Waals surface area contributed by atoms with Crippen LogP contribution in [0, 0.1) is 5.92 Å². The van der Waals surface area contributed by atoms with Crippen molar-refractivity contribution in [2.24, 2.45) is 5.92 Å². The number of carboxylic acid groups (broad SMARTS) is 1. The van der Waals surface area contributed by atoms with Gasteiger partial charge in [0.2, 0.25) is 0 Å². The van der Waals surface area contributed by atoms with Crippen molar-refractivity contribution in [3.63, 3.8) is 0 Å². The first kappa shape index (κ1) is 17.0. The molecule has 130 valence electrons. The van der Waals surface area contributed by atoms with Crippen molar-refractivity contribution < 1.29 is 9.90 Å². The minimum Gasteiger partial charge on any atom is -0.477 e. The molecule has 1 aliphatic rings. The molecule has 0 saturated carbocycles. The Balaban J connectivity index is 0.000000415. The highest BCUT2D eigenvalue weighted by atomic mass is 16.4. The average Bonchev–Trinajstić information content (AvgIpc) is 2.92. The Hall–Kier alpha value is -2.89. The number of hydrogen-bond donors (Lipinski definition) is 1. The second-order valence-corrected chi connectivity index (χ2v) is 6.76. The summed E-state index contributed by atoms with van der Waals surface area (Å²) in [5, 5.41) is 14.6. The second-order valence-electron chi connectivity index (χ2n) is 6.76. The summed E-state index contributed by atoms with van der Waals surface area (Å²) in [4.78, 5) is 23.1. The zero-order chi connectivity index (χ0) is 18.1. The van der Waals surface area contributed by atoms with Gasteiger partial charge < -0.3 is 9.67 Å². The molecule has 25 heavy (non-hydrogen) atoms. The Kier molecular flexibility index (Phi) is 4.44. The Labute approximate surface area is 145 Å². The monoisotopic (exact) mass is 339 g/mol. The summed E-state index contributed by atoms with van der Waals surface area (Å²) in [5.41, 5.74) is 1.77. The van der Waals surface area contributed by atoms with E-state index in [0.717, 1.165) is 22.5 Å². The number of aromatic carboxylic acids is 1. The predicted molar refractivity (Wildman–Crippen MR) is 96.9 cm³/mol. The highest BCUT2D eigenvalue weighted by Gasteiger charge is 2.22. The fraction of sp³-hybridized carbons (Fsp3) is 0.316. The van der Waals surface area contributed by atoms with E-state index in [2.05, 4.69) is 25.9 Å². The highest BCUT2D eigenvalue weighted by molar-refractivity contribution is 5.93. The number of pyridine rings is 1. The number of benzene rings is 1. The molecule has 3 aromatic rings. The molecule has 1 aromatic carbocycles. The molecule has 0 spiro atoms. The molecule has 0 fully saturated rings. The van der Waals surface area contributed by atoms with E-state index in [9.17, 15) is 9.59 Å². The van der Waals surface area contributed by atoms with E-state index < -0.39 is 11.4 Å². The van der Waals surface area contributed by atoms with Gasteiger partial charge in [-0.15, -0.1) is 0 Å². The number of nitrogens with zero attached hydrogens (tertiary/aromatic N) is 3. The Morgan fingerprint density at radius 1 is 1.20 bits per heavy atom. The smallest absolute Gasteiger partial charge is 0.341 e. The Morgan fingerprint density at radius 3 is 2.56 bits per heavy atom. The largest absolute Gasteiger partial charge is 0.477 e. The second kappa shape index (κ2) is 6.55. The van der Waals surface area contributed by atoms with Gasteiger partial charge in [0.1, 0.15) is 5.56 Å². The van der Waals surface area contributed by atoms with Gasteiger partial charge in [-0.05, 0) is 12.0 Å². The van der Waals surface area contributed by atoms with Crippen LogP contribution in [0.4, 0.5) is 0 Å². The standard InChI is InChI=1S/C15H11N3O3.C4H10/c19-13-7-12-14-9-3-1-2-4-11(9)16-18(14)6-5-17(12)8-10(13)15(20)21;1-4(2)3/h1-4,7-8H,5-6H2,(H,20,21);4H,1-3H3. The summed E-state index contributed by atoms with van der Waals surface area (Å²) in [6.45, 7) is 7.75. The molecule has 3 heterocycles. The van der Waals surface area contributed by atoms with Crippen molar-refractivity contribution in [1.29, 1.82) is 0 Å². The fourth-order valence-corrected chi connectivity index (χ4v) is 2.84. The summed E-state index contributed by atoms with van der Waals surface area (Å²) in [5.74, 6) is -0.362. The SMILES string of the molecule is CC(C)C.O=C(O)c1cn2c(cc1=O)-c1c3ccccc3nn1CC2. The average molecular weight is 339 g/mol. The number of rotatable bonds is 1. The zero-order valence-corrected chi connectivity index (χ0v) is 14.6. The summed E-state index contributed by atoms with van der Waals surface area (Å²) in [6, 6.07) is 9.12. The van der Waals surface area contributed by atoms with E-state index in [1.54, 1.807) is 0 Å². The van der Waals surface area contributed by atoms with Gasteiger partial charge in [-0.1, -0.05) is 39.0 Å². The Bertz CT molecular complexity index is 996. The van der Waals surface area contributed by atoms with E-state index in [1.165, 1.54) is 12.3 Å². The molecule has 0 radical (unpaired) electrons. The summed E-state index contributed by atoms with van der Waals surface area (Å²) in [6.07, 6.45) is 1.42. The van der Waals surface area contributed by atoms with Crippen molar-refractivity contribution in [3.05, 3.63) is 52.3 Å². The van der Waals surface area contributed by atoms with Gasteiger partial charge in [0.05, 0.1) is 23.4 Å². The molecular formula is C19H21N3O3. The lowest BCUT2D eigenvalue weighted by Gasteiger charge is -2.21. The quantitative estimate of drug-likeness (QED) is 0.738. The van der Waals surface area contributed by atoms with Crippen LogP contribution in [-0.4, -0.2) is 25.4 Å². The number of fused-ring (bicyclic) bond motifs is 5. The summed E-state index contributed by atoms with van der Waals surface area (Å²) in [7, 11) is 0. The minimum absolute atomic E-state index is 0.198. The van der Waals surface area contributed by atoms with Crippen LogP contribution in [0.1, 0.15) is 31.1 Å². The van der Waals surface area contributed by atoms with Gasteiger partial charge in [-0.25, -0.2) is 4.79 Å². The molecule has 2 aromatic heterocycles. The first-order valence-corrected chi connectivity index (χ1v) is 8.32. The van der Waals surface area contributed by atoms with E-state index in [1.807, 2.05) is 33.5 Å². The normalized spacial score (nSPS) is 12.3. The molecule has 0 saturated heterocycles. The van der Waals surface area contributed by atoms with Crippen molar-refractivity contribution in [1.82, 2.24) is 14.3 Å². The number of aryl methyl sites for hydroxylation is 2. The third-order valence-corrected chi connectivity index (χ3v) is 3.80. The van der Waals surface area contributed by atoms with Crippen LogP contribution in [-0.2, 0) is 13.1 Å². The van der Waals surface area contributed by atoms with Gasteiger partial charge in [0.25, 0.3) is 0 Å². The molecule has 1 aliphatic heterocycles. The van der Waals surface area contributed by atoms with Crippen molar-refractivity contribution >= 4 is 16.9 Å². The van der Waals surface area contributed by atoms with Crippen LogP contribution in [0.5, 0.6) is 0 Å². The summed E-state index contributed by atoms with van der Waals surface area (Å²) < 4.78 is 3.69. The van der Waals surface area contributed by atoms with Crippen molar-refractivity contribution in [3.8, 4) is 11.4 Å². The lowest BCUT2D eigenvalue weighted by atomic mass is 10.1. The number of carboxylic acids is 1. The molecule has 0 unspecified atom stereocenters. The fourth-order valence-electron chi connectivity index (χ4n) is 2.84. The van der Waals surface area contributed by atoms with Gasteiger partial charge in [0, 0.05) is 24.2 Å². The third kappa shape index (κ3) is 3.20. The van der Waals surface area contributed by atoms with E-state index in [4.69, 9.17) is 5.11 Å². The molecule has 0 bridgehead atoms. The minimum atomic E-state index is -1.20. The van der Waals surface area contributed by atoms with Gasteiger partial charge in [-0.3, -0.25) is 9.48 Å². The number of carbonyl (C=O) groups is 1. The lowest BCUT2D eigenvalue weighted by Crippen LogP contribution is -2.24. The topological polar surface area (TPSA) is 77.1 Å². The first-order valence-electron chi connectivity index (χ1n) is 8.32. The number of aromatic nitrogens is 3. The lowest BCUT2D eigenvalue weighted by molar-refractivity contribution is 0.0694. The third-order valence-electron chi connectivity index (χ3n) is 3.80. The predicted octanol–water partition coefficient (Wildman–Crippen LogP) is 3.24. The van der Waals surface area contributed by atoms with Crippen LogP contribution in [0.15, 0.2) is 41.3 Å². The van der Waals surface area contributed by atoms with E-state index >= 15 is 0 Å². The van der Waals surface area contributed by atoms with Crippen LogP contribution < -0.4 is 5.43 Å². The van der Waals surface area contributed by atoms with Crippen LogP contribution in [0.3, 0.4) is 0 Å². The summed E-state index contributed by atoms with van der Waals surface area (Å²) >= 11 is 0. The van der Waals surface area contributed by atoms with E-state index in [-0.39, 0.29) is 5.56 Å². The maximum Gasteiger partial charge on any atom is 0.341 e. The molecule has 6 nitrogen and oxygen atoms in total. The van der Waals surface area contributed by atoms with Crippen LogP contribution in [0.25, 0.3) is 22.3 Å². The molecule has 1 N–H and O–H groups in total. The number of hydrogen-bond acceptors (Lipinski definition) is 3. The van der Waals surface area contributed by atoms with Crippen LogP contribution >= 0.6 is 0 Å².